The van der Waals surface area contributed by atoms with E-state index in [-0.39, 0.29) is 5.91 Å². The molecule has 0 saturated carbocycles. The molecule has 1 fully saturated rings. The highest BCUT2D eigenvalue weighted by molar-refractivity contribution is 6.07. The number of amides is 4. The third kappa shape index (κ3) is 3.17. The van der Waals surface area contributed by atoms with Crippen molar-refractivity contribution in [3.05, 3.63) is 95.1 Å². The van der Waals surface area contributed by atoms with Gasteiger partial charge in [0.25, 0.3) is 11.8 Å². The summed E-state index contributed by atoms with van der Waals surface area (Å²) in [5.41, 5.74) is 4.54. The van der Waals surface area contributed by atoms with Gasteiger partial charge >= 0.3 is 6.03 Å². The quantitative estimate of drug-likeness (QED) is 0.633. The van der Waals surface area contributed by atoms with E-state index in [1.807, 2.05) is 29.2 Å². The fraction of sp³-hybridized carbons (Fsp3) is 0.160. The number of nitrogens with one attached hydrogen (secondary N) is 2. The maximum absolute atomic E-state index is 13.4. The summed E-state index contributed by atoms with van der Waals surface area (Å²) < 4.78 is 0. The Morgan fingerprint density at radius 3 is 1.90 bits per heavy atom. The molecular weight excluding hydrogens is 390 g/mol. The SMILES string of the molecule is CC1(c2ccc(C(=O)N3Cc4ccccc4-c4ccccc4C3)cc2)NC(=O)NC1=O. The van der Waals surface area contributed by atoms with E-state index in [2.05, 4.69) is 34.9 Å². The van der Waals surface area contributed by atoms with Gasteiger partial charge in [0.05, 0.1) is 0 Å². The highest BCUT2D eigenvalue weighted by Gasteiger charge is 2.43. The van der Waals surface area contributed by atoms with Crippen molar-refractivity contribution in [3.63, 3.8) is 0 Å². The van der Waals surface area contributed by atoms with Crippen LogP contribution in [0, 0.1) is 0 Å². The fourth-order valence-electron chi connectivity index (χ4n) is 4.33. The van der Waals surface area contributed by atoms with Crippen molar-refractivity contribution in [2.45, 2.75) is 25.6 Å². The molecule has 4 amide bonds. The number of fused-ring (bicyclic) bond motifs is 3. The van der Waals surface area contributed by atoms with Gasteiger partial charge in [-0.2, -0.15) is 0 Å². The molecule has 6 nitrogen and oxygen atoms in total. The molecule has 2 N–H and O–H groups in total. The average Bonchev–Trinajstić information content (AvgIpc) is 2.95. The molecular formula is C25H21N3O3. The van der Waals surface area contributed by atoms with E-state index < -0.39 is 17.5 Å². The van der Waals surface area contributed by atoms with E-state index in [0.29, 0.717) is 24.2 Å². The summed E-state index contributed by atoms with van der Waals surface area (Å²) in [6.45, 7) is 2.68. The fourth-order valence-corrected chi connectivity index (χ4v) is 4.33. The van der Waals surface area contributed by atoms with Gasteiger partial charge in [0.2, 0.25) is 0 Å². The van der Waals surface area contributed by atoms with E-state index in [4.69, 9.17) is 0 Å². The van der Waals surface area contributed by atoms with Gasteiger partial charge in [0.15, 0.2) is 0 Å². The normalized spacial score (nSPS) is 19.7. The topological polar surface area (TPSA) is 78.5 Å². The zero-order valence-electron chi connectivity index (χ0n) is 17.0. The number of urea groups is 1. The lowest BCUT2D eigenvalue weighted by atomic mass is 9.91. The van der Waals surface area contributed by atoms with E-state index in [0.717, 1.165) is 22.3 Å². The van der Waals surface area contributed by atoms with E-state index >= 15 is 0 Å². The number of carbonyl (C=O) groups is 3. The zero-order chi connectivity index (χ0) is 21.6. The molecule has 2 heterocycles. The van der Waals surface area contributed by atoms with Crippen molar-refractivity contribution >= 4 is 17.8 Å². The van der Waals surface area contributed by atoms with E-state index in [1.165, 1.54) is 0 Å². The first-order valence-corrected chi connectivity index (χ1v) is 10.2. The second kappa shape index (κ2) is 7.09. The molecule has 0 radical (unpaired) electrons. The van der Waals surface area contributed by atoms with Crippen LogP contribution in [0.15, 0.2) is 72.8 Å². The van der Waals surface area contributed by atoms with Gasteiger partial charge in [-0.15, -0.1) is 0 Å². The minimum atomic E-state index is -1.14. The van der Waals surface area contributed by atoms with Crippen molar-refractivity contribution in [1.82, 2.24) is 15.5 Å². The molecule has 1 atom stereocenters. The Morgan fingerprint density at radius 1 is 0.839 bits per heavy atom. The van der Waals surface area contributed by atoms with Crippen molar-refractivity contribution in [2.24, 2.45) is 0 Å². The molecule has 0 spiro atoms. The highest BCUT2D eigenvalue weighted by Crippen LogP contribution is 2.33. The molecule has 0 bridgehead atoms. The number of rotatable bonds is 2. The Balaban J connectivity index is 1.46. The first-order valence-electron chi connectivity index (χ1n) is 10.2. The number of hydrogen-bond donors (Lipinski definition) is 2. The summed E-state index contributed by atoms with van der Waals surface area (Å²) in [4.78, 5) is 38.9. The van der Waals surface area contributed by atoms with Gasteiger partial charge in [-0.1, -0.05) is 60.7 Å². The van der Waals surface area contributed by atoms with Crippen molar-refractivity contribution in [2.75, 3.05) is 0 Å². The zero-order valence-corrected chi connectivity index (χ0v) is 17.0. The summed E-state index contributed by atoms with van der Waals surface area (Å²) in [5.74, 6) is -0.486. The first-order chi connectivity index (χ1) is 15.0. The summed E-state index contributed by atoms with van der Waals surface area (Å²) in [6, 6.07) is 22.7. The van der Waals surface area contributed by atoms with Crippen LogP contribution in [0.1, 0.15) is 34.0 Å². The van der Waals surface area contributed by atoms with Gasteiger partial charge in [-0.05, 0) is 46.9 Å². The minimum absolute atomic E-state index is 0.0804. The van der Waals surface area contributed by atoms with Gasteiger partial charge in [-0.3, -0.25) is 14.9 Å². The van der Waals surface area contributed by atoms with Crippen LogP contribution >= 0.6 is 0 Å². The van der Waals surface area contributed by atoms with Crippen LogP contribution in [0.25, 0.3) is 11.1 Å². The molecule has 3 aromatic carbocycles. The van der Waals surface area contributed by atoms with Crippen LogP contribution in [0.3, 0.4) is 0 Å². The summed E-state index contributed by atoms with van der Waals surface area (Å²) in [7, 11) is 0. The lowest BCUT2D eigenvalue weighted by Gasteiger charge is -2.23. The third-order valence-corrected chi connectivity index (χ3v) is 6.09. The van der Waals surface area contributed by atoms with Crippen LogP contribution in [-0.2, 0) is 23.4 Å². The van der Waals surface area contributed by atoms with Crippen molar-refractivity contribution in [1.29, 1.82) is 0 Å². The van der Waals surface area contributed by atoms with E-state index in [9.17, 15) is 14.4 Å². The second-order valence-electron chi connectivity index (χ2n) is 8.09. The van der Waals surface area contributed by atoms with Crippen molar-refractivity contribution < 1.29 is 14.4 Å². The van der Waals surface area contributed by atoms with Crippen LogP contribution in [0.2, 0.25) is 0 Å². The highest BCUT2D eigenvalue weighted by atomic mass is 16.2. The predicted molar refractivity (Wildman–Crippen MR) is 116 cm³/mol. The van der Waals surface area contributed by atoms with Gasteiger partial charge in [-0.25, -0.2) is 4.79 Å². The lowest BCUT2D eigenvalue weighted by Crippen LogP contribution is -2.40. The molecule has 1 saturated heterocycles. The Morgan fingerprint density at radius 2 is 1.39 bits per heavy atom. The number of imide groups is 1. The smallest absolute Gasteiger partial charge is 0.322 e. The summed E-state index contributed by atoms with van der Waals surface area (Å²) in [5, 5.41) is 4.90. The van der Waals surface area contributed by atoms with Crippen molar-refractivity contribution in [3.8, 4) is 11.1 Å². The molecule has 5 rings (SSSR count). The van der Waals surface area contributed by atoms with Gasteiger partial charge < -0.3 is 10.2 Å². The monoisotopic (exact) mass is 411 g/mol. The average molecular weight is 411 g/mol. The number of benzene rings is 3. The number of hydrogen-bond acceptors (Lipinski definition) is 3. The summed E-state index contributed by atoms with van der Waals surface area (Å²) >= 11 is 0. The standard InChI is InChI=1S/C25H21N3O3/c1-25(23(30)26-24(31)27-25)19-12-10-16(11-13-19)22(29)28-14-17-6-2-4-8-20(17)21-9-5-3-7-18(21)15-28/h2-13H,14-15H2,1H3,(H2,26,27,30,31). The Labute approximate surface area is 179 Å². The maximum Gasteiger partial charge on any atom is 0.322 e. The Kier molecular flexibility index (Phi) is 4.36. The number of carbonyl (C=O) groups excluding carboxylic acids is 3. The maximum atomic E-state index is 13.4. The molecule has 154 valence electrons. The van der Waals surface area contributed by atoms with Crippen LogP contribution in [-0.4, -0.2) is 22.7 Å². The molecule has 6 heteroatoms. The first kappa shape index (κ1) is 19.1. The minimum Gasteiger partial charge on any atom is -0.330 e. The molecule has 0 aromatic heterocycles. The molecule has 2 aliphatic rings. The van der Waals surface area contributed by atoms with Crippen LogP contribution < -0.4 is 10.6 Å². The largest absolute Gasteiger partial charge is 0.330 e. The molecule has 3 aromatic rings. The second-order valence-corrected chi connectivity index (χ2v) is 8.09. The predicted octanol–water partition coefficient (Wildman–Crippen LogP) is 3.56. The summed E-state index contributed by atoms with van der Waals surface area (Å²) in [6.07, 6.45) is 0. The molecule has 2 aliphatic heterocycles. The van der Waals surface area contributed by atoms with Gasteiger partial charge in [0, 0.05) is 18.7 Å². The van der Waals surface area contributed by atoms with E-state index in [1.54, 1.807) is 31.2 Å². The third-order valence-electron chi connectivity index (χ3n) is 6.09. The Bertz CT molecular complexity index is 1170. The van der Waals surface area contributed by atoms with Crippen LogP contribution in [0.4, 0.5) is 4.79 Å². The molecule has 1 unspecified atom stereocenters. The van der Waals surface area contributed by atoms with Gasteiger partial charge in [0.1, 0.15) is 5.54 Å². The lowest BCUT2D eigenvalue weighted by molar-refractivity contribution is -0.123. The Hall–Kier alpha value is -3.93. The van der Waals surface area contributed by atoms with Crippen LogP contribution in [0.5, 0.6) is 0 Å². The molecule has 31 heavy (non-hydrogen) atoms. The number of nitrogens with zero attached hydrogens (tertiary/aromatic N) is 1. The molecule has 0 aliphatic carbocycles.